The van der Waals surface area contributed by atoms with Crippen LogP contribution in [-0.2, 0) is 11.3 Å². The Balaban J connectivity index is 1.49. The summed E-state index contributed by atoms with van der Waals surface area (Å²) >= 11 is 1.27. The van der Waals surface area contributed by atoms with Gasteiger partial charge in [0.2, 0.25) is 5.91 Å². The fourth-order valence-corrected chi connectivity index (χ4v) is 3.35. The smallest absolute Gasteiger partial charge is 0.267 e. The number of aromatic nitrogens is 4. The molecule has 1 N–H and O–H groups in total. The molecule has 1 amide bonds. The van der Waals surface area contributed by atoms with Gasteiger partial charge in [0, 0.05) is 35.0 Å². The monoisotopic (exact) mass is 407 g/mol. The molecule has 3 aromatic heterocycles. The van der Waals surface area contributed by atoms with E-state index in [0.717, 1.165) is 10.2 Å². The standard InChI is InChI=1S/C20H14FN5O2S/c21-15-5-3-13(4-6-15)16-7-8-19(28)26(25-16)11-18(27)24-20-23-17(12-29-20)14-2-1-9-22-10-14/h1-10,12H,11H2,(H,23,24,27). The van der Waals surface area contributed by atoms with Crippen LogP contribution in [0.25, 0.3) is 22.5 Å². The average molecular weight is 407 g/mol. The Morgan fingerprint density at radius 2 is 1.90 bits per heavy atom. The van der Waals surface area contributed by atoms with Gasteiger partial charge >= 0.3 is 0 Å². The van der Waals surface area contributed by atoms with Crippen LogP contribution in [0.4, 0.5) is 9.52 Å². The van der Waals surface area contributed by atoms with Crippen molar-refractivity contribution in [2.45, 2.75) is 6.54 Å². The summed E-state index contributed by atoms with van der Waals surface area (Å²) in [6.45, 7) is -0.268. The Morgan fingerprint density at radius 1 is 1.07 bits per heavy atom. The summed E-state index contributed by atoms with van der Waals surface area (Å²) in [6, 6.07) is 12.3. The summed E-state index contributed by atoms with van der Waals surface area (Å²) in [5, 5.41) is 9.10. The highest BCUT2D eigenvalue weighted by Gasteiger charge is 2.11. The second-order valence-corrected chi connectivity index (χ2v) is 6.91. The van der Waals surface area contributed by atoms with E-state index >= 15 is 0 Å². The Hall–Kier alpha value is -3.72. The summed E-state index contributed by atoms with van der Waals surface area (Å²) in [6.07, 6.45) is 3.36. The van der Waals surface area contributed by atoms with Crippen molar-refractivity contribution in [1.29, 1.82) is 0 Å². The van der Waals surface area contributed by atoms with E-state index in [4.69, 9.17) is 0 Å². The molecule has 0 spiro atoms. The molecule has 29 heavy (non-hydrogen) atoms. The molecular formula is C20H14FN5O2S. The van der Waals surface area contributed by atoms with Gasteiger partial charge in [0.15, 0.2) is 5.13 Å². The van der Waals surface area contributed by atoms with E-state index in [0.29, 0.717) is 22.1 Å². The largest absolute Gasteiger partial charge is 0.300 e. The summed E-state index contributed by atoms with van der Waals surface area (Å²) in [7, 11) is 0. The molecule has 0 saturated heterocycles. The van der Waals surface area contributed by atoms with Crippen molar-refractivity contribution in [2.24, 2.45) is 0 Å². The quantitative estimate of drug-likeness (QED) is 0.549. The van der Waals surface area contributed by atoms with Crippen LogP contribution in [0.5, 0.6) is 0 Å². The minimum Gasteiger partial charge on any atom is -0.300 e. The number of thiazole rings is 1. The molecule has 0 aliphatic carbocycles. The number of anilines is 1. The molecule has 0 aliphatic rings. The van der Waals surface area contributed by atoms with E-state index in [-0.39, 0.29) is 12.4 Å². The van der Waals surface area contributed by atoms with Gasteiger partial charge in [-0.15, -0.1) is 11.3 Å². The van der Waals surface area contributed by atoms with Crippen LogP contribution >= 0.6 is 11.3 Å². The third kappa shape index (κ3) is 4.41. The SMILES string of the molecule is O=C(Cn1nc(-c2ccc(F)cc2)ccc1=O)Nc1nc(-c2cccnc2)cs1. The van der Waals surface area contributed by atoms with Gasteiger partial charge in [0.1, 0.15) is 12.4 Å². The average Bonchev–Trinajstić information content (AvgIpc) is 3.19. The van der Waals surface area contributed by atoms with E-state index < -0.39 is 11.5 Å². The molecule has 4 aromatic rings. The zero-order chi connectivity index (χ0) is 20.2. The molecule has 0 atom stereocenters. The second kappa shape index (κ2) is 8.11. The molecule has 4 rings (SSSR count). The highest BCUT2D eigenvalue weighted by atomic mass is 32.1. The molecular weight excluding hydrogens is 393 g/mol. The van der Waals surface area contributed by atoms with Crippen LogP contribution in [0.2, 0.25) is 0 Å². The maximum atomic E-state index is 13.1. The molecule has 144 valence electrons. The Morgan fingerprint density at radius 3 is 2.66 bits per heavy atom. The van der Waals surface area contributed by atoms with Crippen molar-refractivity contribution in [3.8, 4) is 22.5 Å². The van der Waals surface area contributed by atoms with Crippen molar-refractivity contribution in [3.05, 3.63) is 82.5 Å². The minimum absolute atomic E-state index is 0.268. The van der Waals surface area contributed by atoms with Crippen LogP contribution in [0.15, 0.2) is 71.1 Å². The zero-order valence-corrected chi connectivity index (χ0v) is 15.8. The van der Waals surface area contributed by atoms with Gasteiger partial charge in [-0.05, 0) is 42.5 Å². The Kier molecular flexibility index (Phi) is 5.21. The molecule has 0 bridgehead atoms. The van der Waals surface area contributed by atoms with Crippen LogP contribution in [0.1, 0.15) is 0 Å². The van der Waals surface area contributed by atoms with Crippen LogP contribution < -0.4 is 10.9 Å². The maximum absolute atomic E-state index is 13.1. The number of carbonyl (C=O) groups excluding carboxylic acids is 1. The van der Waals surface area contributed by atoms with Gasteiger partial charge < -0.3 is 5.32 Å². The lowest BCUT2D eigenvalue weighted by atomic mass is 10.1. The number of benzene rings is 1. The van der Waals surface area contributed by atoms with Crippen molar-refractivity contribution < 1.29 is 9.18 Å². The Labute approximate surface area is 168 Å². The maximum Gasteiger partial charge on any atom is 0.267 e. The van der Waals surface area contributed by atoms with Crippen molar-refractivity contribution in [1.82, 2.24) is 19.7 Å². The number of carbonyl (C=O) groups is 1. The lowest BCUT2D eigenvalue weighted by molar-refractivity contribution is -0.117. The first-order chi connectivity index (χ1) is 14.1. The number of hydrogen-bond donors (Lipinski definition) is 1. The predicted molar refractivity (Wildman–Crippen MR) is 108 cm³/mol. The first-order valence-electron chi connectivity index (χ1n) is 8.58. The van der Waals surface area contributed by atoms with E-state index in [1.165, 1.54) is 35.6 Å². The van der Waals surface area contributed by atoms with Gasteiger partial charge in [-0.1, -0.05) is 0 Å². The molecule has 1 aromatic carbocycles. The van der Waals surface area contributed by atoms with Crippen LogP contribution in [0, 0.1) is 5.82 Å². The van der Waals surface area contributed by atoms with Crippen molar-refractivity contribution in [3.63, 3.8) is 0 Å². The van der Waals surface area contributed by atoms with E-state index in [1.54, 1.807) is 30.6 Å². The Bertz CT molecular complexity index is 1210. The second-order valence-electron chi connectivity index (χ2n) is 6.05. The predicted octanol–water partition coefficient (Wildman–Crippen LogP) is 3.21. The number of nitrogens with one attached hydrogen (secondary N) is 1. The normalized spacial score (nSPS) is 10.7. The van der Waals surface area contributed by atoms with Gasteiger partial charge in [-0.3, -0.25) is 14.6 Å². The lowest BCUT2D eigenvalue weighted by Crippen LogP contribution is -2.29. The van der Waals surface area contributed by atoms with Gasteiger partial charge in [-0.2, -0.15) is 5.10 Å². The molecule has 7 nitrogen and oxygen atoms in total. The molecule has 0 aliphatic heterocycles. The summed E-state index contributed by atoms with van der Waals surface area (Å²) in [5.74, 6) is -0.793. The fourth-order valence-electron chi connectivity index (χ4n) is 2.61. The molecule has 0 unspecified atom stereocenters. The molecule has 0 fully saturated rings. The summed E-state index contributed by atoms with van der Waals surface area (Å²) in [5.41, 5.74) is 2.23. The first kappa shape index (κ1) is 18.6. The third-order valence-electron chi connectivity index (χ3n) is 4.01. The van der Waals surface area contributed by atoms with Crippen LogP contribution in [0.3, 0.4) is 0 Å². The van der Waals surface area contributed by atoms with Crippen molar-refractivity contribution >= 4 is 22.4 Å². The van der Waals surface area contributed by atoms with Gasteiger partial charge in [-0.25, -0.2) is 14.1 Å². The van der Waals surface area contributed by atoms with Crippen molar-refractivity contribution in [2.75, 3.05) is 5.32 Å². The highest BCUT2D eigenvalue weighted by Crippen LogP contribution is 2.24. The third-order valence-corrected chi connectivity index (χ3v) is 4.77. The van der Waals surface area contributed by atoms with E-state index in [2.05, 4.69) is 20.4 Å². The van der Waals surface area contributed by atoms with Crippen LogP contribution in [-0.4, -0.2) is 25.7 Å². The number of rotatable bonds is 5. The number of amides is 1. The molecule has 9 heteroatoms. The lowest BCUT2D eigenvalue weighted by Gasteiger charge is -2.07. The van der Waals surface area contributed by atoms with Gasteiger partial charge in [0.25, 0.3) is 5.56 Å². The van der Waals surface area contributed by atoms with Gasteiger partial charge in [0.05, 0.1) is 11.4 Å². The number of nitrogens with zero attached hydrogens (tertiary/aromatic N) is 4. The zero-order valence-electron chi connectivity index (χ0n) is 14.9. The first-order valence-corrected chi connectivity index (χ1v) is 9.46. The minimum atomic E-state index is -0.428. The number of halogens is 1. The molecule has 0 saturated carbocycles. The van der Waals surface area contributed by atoms with E-state index in [9.17, 15) is 14.0 Å². The molecule has 0 radical (unpaired) electrons. The fraction of sp³-hybridized carbons (Fsp3) is 0.0500. The highest BCUT2D eigenvalue weighted by molar-refractivity contribution is 7.14. The number of hydrogen-bond acceptors (Lipinski definition) is 6. The topological polar surface area (TPSA) is 89.8 Å². The molecule has 3 heterocycles. The summed E-state index contributed by atoms with van der Waals surface area (Å²) < 4.78 is 14.2. The van der Waals surface area contributed by atoms with E-state index in [1.807, 2.05) is 11.4 Å². The summed E-state index contributed by atoms with van der Waals surface area (Å²) in [4.78, 5) is 32.8. The number of pyridine rings is 1.